The molecule has 3 N–H and O–H groups in total. The normalized spacial score (nSPS) is 23.0. The van der Waals surface area contributed by atoms with E-state index in [4.69, 9.17) is 10.5 Å². The number of carbonyl (C=O) groups excluding carboxylic acids is 3. The largest absolute Gasteiger partial charge is 0.369 e. The van der Waals surface area contributed by atoms with Crippen LogP contribution in [0.1, 0.15) is 20.3 Å². The van der Waals surface area contributed by atoms with E-state index < -0.39 is 48.4 Å². The highest BCUT2D eigenvalue weighted by Gasteiger charge is 2.50. The number of nitrogens with one attached hydrogen (secondary N) is 1. The van der Waals surface area contributed by atoms with Crippen LogP contribution in [-0.4, -0.2) is 49.1 Å². The molecule has 9 heteroatoms. The smallest absolute Gasteiger partial charge is 0.345 e. The quantitative estimate of drug-likeness (QED) is 0.541. The number of hydrogen-bond donors (Lipinski definition) is 2. The first-order chi connectivity index (χ1) is 10.2. The van der Waals surface area contributed by atoms with Crippen molar-refractivity contribution >= 4 is 17.6 Å². The van der Waals surface area contributed by atoms with E-state index in [1.807, 2.05) is 0 Å². The Labute approximate surface area is 126 Å². The molecule has 1 aliphatic rings. The number of ether oxygens (including phenoxy) is 2. The molecule has 1 fully saturated rings. The van der Waals surface area contributed by atoms with Crippen molar-refractivity contribution < 1.29 is 32.6 Å². The molecule has 1 aliphatic heterocycles. The van der Waals surface area contributed by atoms with E-state index in [0.717, 1.165) is 6.42 Å². The number of hydrogen-bond acceptors (Lipinski definition) is 5. The average molecular weight is 321 g/mol. The fraction of sp³-hybridized carbons (Fsp3) is 0.692. The van der Waals surface area contributed by atoms with Crippen molar-refractivity contribution in [3.8, 4) is 0 Å². The van der Waals surface area contributed by atoms with E-state index in [1.165, 1.54) is 6.92 Å². The number of epoxide rings is 1. The molecule has 0 unspecified atom stereocenters. The second-order valence-corrected chi connectivity index (χ2v) is 5.28. The fourth-order valence-electron chi connectivity index (χ4n) is 1.75. The molecule has 0 aliphatic carbocycles. The zero-order valence-electron chi connectivity index (χ0n) is 12.3. The van der Waals surface area contributed by atoms with Crippen LogP contribution < -0.4 is 11.1 Å². The van der Waals surface area contributed by atoms with Crippen molar-refractivity contribution in [2.45, 2.75) is 38.5 Å². The van der Waals surface area contributed by atoms with Gasteiger partial charge >= 0.3 is 6.61 Å². The lowest BCUT2D eigenvalue weighted by Gasteiger charge is -2.21. The van der Waals surface area contributed by atoms with E-state index >= 15 is 0 Å². The Morgan fingerprint density at radius 1 is 1.45 bits per heavy atom. The Morgan fingerprint density at radius 3 is 2.50 bits per heavy atom. The second-order valence-electron chi connectivity index (χ2n) is 5.28. The molecule has 1 saturated heterocycles. The van der Waals surface area contributed by atoms with Gasteiger partial charge in [0.15, 0.2) is 5.78 Å². The third-order valence-corrected chi connectivity index (χ3v) is 3.30. The summed E-state index contributed by atoms with van der Waals surface area (Å²) in [5.74, 6) is -2.40. The number of rotatable bonds is 10. The number of amides is 2. The van der Waals surface area contributed by atoms with Crippen LogP contribution in [0.2, 0.25) is 0 Å². The maximum absolute atomic E-state index is 12.2. The van der Waals surface area contributed by atoms with Gasteiger partial charge in [-0.15, -0.1) is 0 Å². The van der Waals surface area contributed by atoms with Crippen molar-refractivity contribution in [1.82, 2.24) is 5.32 Å². The van der Waals surface area contributed by atoms with E-state index in [9.17, 15) is 23.2 Å². The minimum absolute atomic E-state index is 0.00238. The molecule has 2 amide bonds. The highest BCUT2D eigenvalue weighted by molar-refractivity contribution is 5.98. The van der Waals surface area contributed by atoms with Gasteiger partial charge in [-0.3, -0.25) is 14.4 Å². The Morgan fingerprint density at radius 2 is 2.05 bits per heavy atom. The summed E-state index contributed by atoms with van der Waals surface area (Å²) in [6.45, 7) is -0.276. The van der Waals surface area contributed by atoms with Crippen LogP contribution in [0.5, 0.6) is 0 Å². The SMILES string of the molecule is C[C@@H](C[C@H](NC(=O)[CH]COC(F)F)C(=O)[C@@]1(C)CO1)C(N)=O. The van der Waals surface area contributed by atoms with Crippen LogP contribution in [0.3, 0.4) is 0 Å². The minimum Gasteiger partial charge on any atom is -0.369 e. The molecule has 0 aromatic heterocycles. The molecular weight excluding hydrogens is 302 g/mol. The Kier molecular flexibility index (Phi) is 6.36. The van der Waals surface area contributed by atoms with Crippen LogP contribution in [0, 0.1) is 12.3 Å². The van der Waals surface area contributed by atoms with Gasteiger partial charge < -0.3 is 20.5 Å². The third-order valence-electron chi connectivity index (χ3n) is 3.30. The lowest BCUT2D eigenvalue weighted by molar-refractivity contribution is -0.134. The summed E-state index contributed by atoms with van der Waals surface area (Å²) < 4.78 is 32.6. The number of alkyl halides is 2. The number of halogens is 2. The van der Waals surface area contributed by atoms with Crippen molar-refractivity contribution in [2.24, 2.45) is 11.7 Å². The molecule has 0 aromatic rings. The maximum atomic E-state index is 12.2. The van der Waals surface area contributed by atoms with Crippen LogP contribution >= 0.6 is 0 Å². The first-order valence-corrected chi connectivity index (χ1v) is 6.67. The first-order valence-electron chi connectivity index (χ1n) is 6.67. The molecule has 1 radical (unpaired) electrons. The zero-order chi connectivity index (χ0) is 16.9. The van der Waals surface area contributed by atoms with Gasteiger partial charge in [-0.1, -0.05) is 6.92 Å². The summed E-state index contributed by atoms with van der Waals surface area (Å²) in [5.41, 5.74) is 4.16. The lowest BCUT2D eigenvalue weighted by Crippen LogP contribution is -2.48. The van der Waals surface area contributed by atoms with Gasteiger partial charge in [-0.2, -0.15) is 8.78 Å². The Balaban J connectivity index is 2.59. The topological polar surface area (TPSA) is 111 Å². The van der Waals surface area contributed by atoms with Crippen molar-refractivity contribution in [2.75, 3.05) is 13.2 Å². The van der Waals surface area contributed by atoms with Gasteiger partial charge in [0.1, 0.15) is 5.60 Å². The highest BCUT2D eigenvalue weighted by Crippen LogP contribution is 2.29. The number of nitrogens with two attached hydrogens (primary N) is 1. The van der Waals surface area contributed by atoms with Gasteiger partial charge in [0.2, 0.25) is 11.8 Å². The van der Waals surface area contributed by atoms with E-state index in [2.05, 4.69) is 10.1 Å². The predicted octanol–water partition coefficient (Wildman–Crippen LogP) is -0.216. The molecule has 0 bridgehead atoms. The van der Waals surface area contributed by atoms with Crippen molar-refractivity contribution in [3.05, 3.63) is 6.42 Å². The van der Waals surface area contributed by atoms with E-state index in [0.29, 0.717) is 0 Å². The van der Waals surface area contributed by atoms with Gasteiger partial charge in [-0.25, -0.2) is 0 Å². The summed E-state index contributed by atoms with van der Waals surface area (Å²) >= 11 is 0. The molecule has 22 heavy (non-hydrogen) atoms. The summed E-state index contributed by atoms with van der Waals surface area (Å²) in [6.07, 6.45) is 0.847. The van der Waals surface area contributed by atoms with Crippen LogP contribution in [0.25, 0.3) is 0 Å². The summed E-state index contributed by atoms with van der Waals surface area (Å²) in [4.78, 5) is 35.0. The monoisotopic (exact) mass is 321 g/mol. The zero-order valence-corrected chi connectivity index (χ0v) is 12.3. The van der Waals surface area contributed by atoms with Crippen LogP contribution in [0.4, 0.5) is 8.78 Å². The van der Waals surface area contributed by atoms with Gasteiger partial charge in [-0.05, 0) is 13.3 Å². The predicted molar refractivity (Wildman–Crippen MR) is 70.5 cm³/mol. The van der Waals surface area contributed by atoms with Crippen LogP contribution in [-0.2, 0) is 23.9 Å². The van der Waals surface area contributed by atoms with Crippen molar-refractivity contribution in [3.63, 3.8) is 0 Å². The number of primary amides is 1. The van der Waals surface area contributed by atoms with E-state index in [1.54, 1.807) is 6.92 Å². The first kappa shape index (κ1) is 18.4. The molecule has 1 heterocycles. The van der Waals surface area contributed by atoms with E-state index in [-0.39, 0.29) is 13.0 Å². The fourth-order valence-corrected chi connectivity index (χ4v) is 1.75. The average Bonchev–Trinajstić information content (AvgIpc) is 3.15. The second kappa shape index (κ2) is 7.59. The Hall–Kier alpha value is -1.61. The molecule has 7 nitrogen and oxygen atoms in total. The maximum Gasteiger partial charge on any atom is 0.345 e. The van der Waals surface area contributed by atoms with Gasteiger partial charge in [0.25, 0.3) is 0 Å². The van der Waals surface area contributed by atoms with Gasteiger partial charge in [0.05, 0.1) is 25.7 Å². The molecular formula is C13H19F2N2O5. The third kappa shape index (κ3) is 5.64. The molecule has 1 rings (SSSR count). The minimum atomic E-state index is -2.99. The molecule has 0 spiro atoms. The highest BCUT2D eigenvalue weighted by atomic mass is 19.3. The molecule has 0 saturated carbocycles. The number of ketones is 1. The summed E-state index contributed by atoms with van der Waals surface area (Å²) in [6, 6.07) is -0.995. The van der Waals surface area contributed by atoms with Crippen molar-refractivity contribution in [1.29, 1.82) is 0 Å². The Bertz CT molecular complexity index is 440. The molecule has 3 atom stereocenters. The lowest BCUT2D eigenvalue weighted by atomic mass is 9.92. The molecule has 125 valence electrons. The number of Topliss-reactive ketones (excluding diaryl/α,β-unsaturated/α-hetero) is 1. The standard InChI is InChI=1S/C13H19F2N2O5/c1-7(11(16)20)5-8(10(19)13(2)6-22-13)17-9(18)3-4-21-12(14)15/h3,7-8,12H,4-6H2,1-2H3,(H2,16,20)(H,17,18)/t7-,8-,13+/m0/s1. The summed E-state index contributed by atoms with van der Waals surface area (Å²) in [7, 11) is 0. The number of carbonyl (C=O) groups is 3. The van der Waals surface area contributed by atoms with Gasteiger partial charge in [0, 0.05) is 5.92 Å². The van der Waals surface area contributed by atoms with Crippen LogP contribution in [0.15, 0.2) is 0 Å². The molecule has 0 aromatic carbocycles. The summed E-state index contributed by atoms with van der Waals surface area (Å²) in [5, 5.41) is 2.37.